The zero-order valence-corrected chi connectivity index (χ0v) is 12.9. The fraction of sp³-hybridized carbons (Fsp3) is 0.316. The maximum Gasteiger partial charge on any atom is 0.235 e. The van der Waals surface area contributed by atoms with E-state index in [1.54, 1.807) is 18.2 Å². The Balaban J connectivity index is 1.91. The maximum atomic E-state index is 14.2. The molecule has 0 radical (unpaired) electrons. The summed E-state index contributed by atoms with van der Waals surface area (Å²) in [7, 11) is 0. The van der Waals surface area contributed by atoms with Gasteiger partial charge in [-0.25, -0.2) is 4.39 Å². The van der Waals surface area contributed by atoms with Gasteiger partial charge < -0.3 is 5.32 Å². The monoisotopic (exact) mass is 297 g/mol. The molecule has 1 amide bonds. The van der Waals surface area contributed by atoms with E-state index in [0.717, 1.165) is 23.2 Å². The van der Waals surface area contributed by atoms with Gasteiger partial charge in [0, 0.05) is 11.3 Å². The van der Waals surface area contributed by atoms with Crippen molar-refractivity contribution in [2.45, 2.75) is 38.5 Å². The van der Waals surface area contributed by atoms with E-state index >= 15 is 0 Å². The first-order valence-corrected chi connectivity index (χ1v) is 7.67. The van der Waals surface area contributed by atoms with Crippen LogP contribution in [0.25, 0.3) is 0 Å². The molecule has 1 aliphatic carbocycles. The second kappa shape index (κ2) is 5.56. The molecular weight excluding hydrogens is 277 g/mol. The van der Waals surface area contributed by atoms with Gasteiger partial charge in [0.1, 0.15) is 5.82 Å². The lowest BCUT2D eigenvalue weighted by Crippen LogP contribution is -2.46. The summed E-state index contributed by atoms with van der Waals surface area (Å²) in [5, 5.41) is 3.00. The lowest BCUT2D eigenvalue weighted by Gasteiger charge is -2.41. The van der Waals surface area contributed by atoms with E-state index in [2.05, 4.69) is 5.32 Å². The number of rotatable bonds is 3. The van der Waals surface area contributed by atoms with Gasteiger partial charge in [-0.2, -0.15) is 0 Å². The average Bonchev–Trinajstić information content (AvgIpc) is 2.43. The molecule has 0 atom stereocenters. The van der Waals surface area contributed by atoms with Crippen LogP contribution < -0.4 is 5.32 Å². The molecular formula is C19H20FNO. The zero-order chi connectivity index (χ0) is 15.7. The number of carbonyl (C=O) groups is 1. The predicted octanol–water partition coefficient (Wildman–Crippen LogP) is 4.50. The minimum absolute atomic E-state index is 0.101. The van der Waals surface area contributed by atoms with Gasteiger partial charge in [-0.05, 0) is 44.4 Å². The van der Waals surface area contributed by atoms with Crippen molar-refractivity contribution in [2.24, 2.45) is 0 Å². The van der Waals surface area contributed by atoms with Gasteiger partial charge in [0.15, 0.2) is 0 Å². The Bertz CT molecular complexity index is 719. The van der Waals surface area contributed by atoms with Crippen molar-refractivity contribution in [3.63, 3.8) is 0 Å². The summed E-state index contributed by atoms with van der Waals surface area (Å²) in [6, 6.07) is 12.5. The van der Waals surface area contributed by atoms with Gasteiger partial charge >= 0.3 is 0 Å². The lowest BCUT2D eigenvalue weighted by atomic mass is 9.63. The third-order valence-electron chi connectivity index (χ3n) is 4.66. The fourth-order valence-electron chi connectivity index (χ4n) is 3.19. The second-order valence-corrected chi connectivity index (χ2v) is 6.19. The molecule has 1 N–H and O–H groups in total. The summed E-state index contributed by atoms with van der Waals surface area (Å²) >= 11 is 0. The number of hydrogen-bond acceptors (Lipinski definition) is 1. The number of anilines is 1. The van der Waals surface area contributed by atoms with Gasteiger partial charge in [-0.3, -0.25) is 4.79 Å². The first-order chi connectivity index (χ1) is 10.5. The van der Waals surface area contributed by atoms with Crippen molar-refractivity contribution in [3.05, 3.63) is 65.0 Å². The number of carbonyl (C=O) groups excluding carboxylic acids is 1. The molecule has 0 aliphatic heterocycles. The van der Waals surface area contributed by atoms with Crippen LogP contribution in [-0.4, -0.2) is 5.91 Å². The minimum Gasteiger partial charge on any atom is -0.325 e. The molecule has 0 saturated heterocycles. The zero-order valence-electron chi connectivity index (χ0n) is 12.9. The van der Waals surface area contributed by atoms with Crippen LogP contribution in [0.15, 0.2) is 42.5 Å². The van der Waals surface area contributed by atoms with E-state index < -0.39 is 5.41 Å². The number of benzene rings is 2. The Morgan fingerprint density at radius 1 is 1.14 bits per heavy atom. The number of aryl methyl sites for hydroxylation is 2. The minimum atomic E-state index is -0.720. The third-order valence-corrected chi connectivity index (χ3v) is 4.66. The van der Waals surface area contributed by atoms with Crippen LogP contribution in [0.4, 0.5) is 10.1 Å². The molecule has 0 bridgehead atoms. The Morgan fingerprint density at radius 3 is 2.45 bits per heavy atom. The molecule has 0 spiro atoms. The Labute approximate surface area is 130 Å². The van der Waals surface area contributed by atoms with Gasteiger partial charge in [0.2, 0.25) is 5.91 Å². The first kappa shape index (κ1) is 14.8. The molecule has 3 rings (SSSR count). The summed E-state index contributed by atoms with van der Waals surface area (Å²) in [5.74, 6) is -0.395. The van der Waals surface area contributed by atoms with E-state index in [1.807, 2.05) is 32.0 Å². The molecule has 2 nitrogen and oxygen atoms in total. The Morgan fingerprint density at radius 2 is 1.86 bits per heavy atom. The summed E-state index contributed by atoms with van der Waals surface area (Å²) < 4.78 is 14.2. The highest BCUT2D eigenvalue weighted by molar-refractivity contribution is 6.00. The molecule has 114 valence electrons. The van der Waals surface area contributed by atoms with E-state index in [9.17, 15) is 9.18 Å². The summed E-state index contributed by atoms with van der Waals surface area (Å²) in [5.41, 5.74) is 2.78. The molecule has 1 fully saturated rings. The van der Waals surface area contributed by atoms with Crippen molar-refractivity contribution in [1.82, 2.24) is 0 Å². The van der Waals surface area contributed by atoms with E-state index in [0.29, 0.717) is 18.4 Å². The second-order valence-electron chi connectivity index (χ2n) is 6.19. The highest BCUT2D eigenvalue weighted by atomic mass is 19.1. The van der Waals surface area contributed by atoms with E-state index in [-0.39, 0.29) is 11.7 Å². The Kier molecular flexibility index (Phi) is 3.73. The van der Waals surface area contributed by atoms with Gasteiger partial charge in [-0.15, -0.1) is 0 Å². The van der Waals surface area contributed by atoms with Crippen LogP contribution in [-0.2, 0) is 10.2 Å². The van der Waals surface area contributed by atoms with Crippen molar-refractivity contribution in [3.8, 4) is 0 Å². The smallest absolute Gasteiger partial charge is 0.235 e. The van der Waals surface area contributed by atoms with Gasteiger partial charge in [-0.1, -0.05) is 42.3 Å². The van der Waals surface area contributed by atoms with Crippen LogP contribution in [0.5, 0.6) is 0 Å². The number of halogens is 1. The van der Waals surface area contributed by atoms with Crippen molar-refractivity contribution in [1.29, 1.82) is 0 Å². The maximum absolute atomic E-state index is 14.2. The van der Waals surface area contributed by atoms with Crippen LogP contribution in [0.3, 0.4) is 0 Å². The first-order valence-electron chi connectivity index (χ1n) is 7.67. The largest absolute Gasteiger partial charge is 0.325 e. The molecule has 22 heavy (non-hydrogen) atoms. The van der Waals surface area contributed by atoms with Crippen molar-refractivity contribution >= 4 is 11.6 Å². The molecule has 2 aromatic rings. The predicted molar refractivity (Wildman–Crippen MR) is 86.5 cm³/mol. The third kappa shape index (κ3) is 2.41. The number of nitrogens with one attached hydrogen (secondary N) is 1. The SMILES string of the molecule is Cc1ccc(NC(=O)C2(c3ccccc3F)CCC2)c(C)c1. The Hall–Kier alpha value is -2.16. The van der Waals surface area contributed by atoms with Crippen LogP contribution in [0, 0.1) is 19.7 Å². The van der Waals surface area contributed by atoms with E-state index in [1.165, 1.54) is 6.07 Å². The van der Waals surface area contributed by atoms with Crippen LogP contribution in [0.2, 0.25) is 0 Å². The number of hydrogen-bond donors (Lipinski definition) is 1. The highest BCUT2D eigenvalue weighted by Crippen LogP contribution is 2.45. The normalized spacial score (nSPS) is 16.0. The van der Waals surface area contributed by atoms with Gasteiger partial charge in [0.05, 0.1) is 5.41 Å². The molecule has 1 saturated carbocycles. The van der Waals surface area contributed by atoms with Crippen LogP contribution >= 0.6 is 0 Å². The summed E-state index contributed by atoms with van der Waals surface area (Å²) in [6.07, 6.45) is 2.35. The van der Waals surface area contributed by atoms with Crippen LogP contribution in [0.1, 0.15) is 36.0 Å². The highest BCUT2D eigenvalue weighted by Gasteiger charge is 2.47. The van der Waals surface area contributed by atoms with Crippen molar-refractivity contribution < 1.29 is 9.18 Å². The number of amides is 1. The average molecular weight is 297 g/mol. The quantitative estimate of drug-likeness (QED) is 0.887. The fourth-order valence-corrected chi connectivity index (χ4v) is 3.19. The standard InChI is InChI=1S/C19H20FNO/c1-13-8-9-17(14(2)12-13)21-18(22)19(10-5-11-19)15-6-3-4-7-16(15)20/h3-4,6-9,12H,5,10-11H2,1-2H3,(H,21,22). The molecule has 2 aromatic carbocycles. The molecule has 0 aromatic heterocycles. The van der Waals surface area contributed by atoms with E-state index in [4.69, 9.17) is 0 Å². The lowest BCUT2D eigenvalue weighted by molar-refractivity contribution is -0.124. The van der Waals surface area contributed by atoms with Gasteiger partial charge in [0.25, 0.3) is 0 Å². The molecule has 3 heteroatoms. The molecule has 0 unspecified atom stereocenters. The topological polar surface area (TPSA) is 29.1 Å². The summed E-state index contributed by atoms with van der Waals surface area (Å²) in [4.78, 5) is 12.8. The summed E-state index contributed by atoms with van der Waals surface area (Å²) in [6.45, 7) is 3.99. The molecule has 1 aliphatic rings. The van der Waals surface area contributed by atoms with Crippen molar-refractivity contribution in [2.75, 3.05) is 5.32 Å². The molecule has 0 heterocycles.